The van der Waals surface area contributed by atoms with Gasteiger partial charge in [-0.05, 0) is 52.4 Å². The Morgan fingerprint density at radius 3 is 2.59 bits per heavy atom. The number of likely N-dealkylation sites (tertiary alicyclic amines) is 1. The van der Waals surface area contributed by atoms with Crippen LogP contribution in [0.1, 0.15) is 59.3 Å². The quantitative estimate of drug-likeness (QED) is 0.360. The van der Waals surface area contributed by atoms with Crippen LogP contribution in [0, 0.1) is 11.8 Å². The lowest BCUT2D eigenvalue weighted by Crippen LogP contribution is -2.57. The summed E-state index contributed by atoms with van der Waals surface area (Å²) in [7, 11) is 0. The van der Waals surface area contributed by atoms with Crippen molar-refractivity contribution in [2.75, 3.05) is 26.3 Å². The summed E-state index contributed by atoms with van der Waals surface area (Å²) < 4.78 is 12.5. The summed E-state index contributed by atoms with van der Waals surface area (Å²) in [5.41, 5.74) is -2.25. The number of rotatable bonds is 6. The molecule has 8 nitrogen and oxygen atoms in total. The fourth-order valence-corrected chi connectivity index (χ4v) is 6.15. The molecule has 34 heavy (non-hydrogen) atoms. The molecular weight excluding hydrogens is 436 g/mol. The number of aliphatic hydroxyl groups excluding tert-OH is 1. The molecule has 188 valence electrons. The number of allylic oxidation sites excluding steroid dienone is 1. The number of hydrogen-bond donors (Lipinski definition) is 1. The van der Waals surface area contributed by atoms with Crippen molar-refractivity contribution in [1.82, 2.24) is 9.80 Å². The predicted octanol–water partition coefficient (Wildman–Crippen LogP) is 2.21. The predicted molar refractivity (Wildman–Crippen MR) is 126 cm³/mol. The Balaban J connectivity index is 1.86. The van der Waals surface area contributed by atoms with Crippen LogP contribution in [0.4, 0.5) is 0 Å². The highest BCUT2D eigenvalue weighted by atomic mass is 16.6. The fraction of sp³-hybridized carbons (Fsp3) is 0.731. The van der Waals surface area contributed by atoms with Crippen LogP contribution in [0.2, 0.25) is 0 Å². The Morgan fingerprint density at radius 1 is 1.09 bits per heavy atom. The molecule has 1 spiro atoms. The first-order valence-electron chi connectivity index (χ1n) is 12.8. The minimum atomic E-state index is -1.24. The van der Waals surface area contributed by atoms with Crippen molar-refractivity contribution in [3.05, 3.63) is 24.3 Å². The Hall–Kier alpha value is -2.19. The Bertz CT molecular complexity index is 869. The zero-order valence-electron chi connectivity index (χ0n) is 20.6. The van der Waals surface area contributed by atoms with Crippen LogP contribution in [0.3, 0.4) is 0 Å². The van der Waals surface area contributed by atoms with Crippen molar-refractivity contribution in [2.24, 2.45) is 11.8 Å². The summed E-state index contributed by atoms with van der Waals surface area (Å²) in [6, 6.07) is -0.903. The number of nitrogens with zero attached hydrogens (tertiary/aromatic N) is 2. The molecule has 8 heteroatoms. The number of hydrogen-bond acceptors (Lipinski definition) is 6. The van der Waals surface area contributed by atoms with E-state index in [1.54, 1.807) is 9.80 Å². The van der Waals surface area contributed by atoms with Gasteiger partial charge in [0.2, 0.25) is 11.8 Å². The van der Waals surface area contributed by atoms with Gasteiger partial charge < -0.3 is 24.4 Å². The Morgan fingerprint density at radius 2 is 1.88 bits per heavy atom. The lowest BCUT2D eigenvalue weighted by Gasteiger charge is -2.39. The smallest absolute Gasteiger partial charge is 0.313 e. The van der Waals surface area contributed by atoms with Crippen LogP contribution in [-0.4, -0.2) is 82.3 Å². The standard InChI is InChI=1S/C26H38N2O6/c1-4-25-12-7-5-6-10-17-33-24(32)20(25)19-22(30)28(14-8-9-16-29)21-23(31)27(18(2)3)15-11-13-26(19,21)34-25/h7,11-13,18-21,29H,4-6,8-10,14-17H2,1-3H3/b12-7-/t19-,20+,21?,25-,26-/m0/s1. The van der Waals surface area contributed by atoms with Gasteiger partial charge in [0.25, 0.3) is 0 Å². The summed E-state index contributed by atoms with van der Waals surface area (Å²) >= 11 is 0. The molecule has 5 atom stereocenters. The molecule has 4 heterocycles. The van der Waals surface area contributed by atoms with E-state index in [1.165, 1.54) is 0 Å². The van der Waals surface area contributed by atoms with Gasteiger partial charge in [0.15, 0.2) is 0 Å². The number of ether oxygens (including phenoxy) is 2. The molecule has 0 aromatic heterocycles. The van der Waals surface area contributed by atoms with Gasteiger partial charge in [-0.2, -0.15) is 0 Å². The lowest BCUT2D eigenvalue weighted by atomic mass is 9.73. The number of aliphatic hydroxyl groups is 1. The van der Waals surface area contributed by atoms with Gasteiger partial charge in [-0.3, -0.25) is 14.4 Å². The highest BCUT2D eigenvalue weighted by molar-refractivity contribution is 5.99. The van der Waals surface area contributed by atoms with Gasteiger partial charge in [0.05, 0.1) is 12.5 Å². The van der Waals surface area contributed by atoms with Crippen LogP contribution < -0.4 is 0 Å². The summed E-state index contributed by atoms with van der Waals surface area (Å²) in [6.07, 6.45) is 11.9. The molecule has 0 aromatic carbocycles. The van der Waals surface area contributed by atoms with Gasteiger partial charge in [-0.25, -0.2) is 0 Å². The molecule has 4 aliphatic rings. The monoisotopic (exact) mass is 474 g/mol. The molecule has 0 radical (unpaired) electrons. The second kappa shape index (κ2) is 9.82. The average Bonchev–Trinajstić information content (AvgIpc) is 3.15. The first-order chi connectivity index (χ1) is 16.3. The van der Waals surface area contributed by atoms with E-state index in [1.807, 2.05) is 45.1 Å². The maximum Gasteiger partial charge on any atom is 0.313 e. The molecule has 2 saturated heterocycles. The first kappa shape index (κ1) is 24.9. The normalized spacial score (nSPS) is 36.7. The largest absolute Gasteiger partial charge is 0.465 e. The number of unbranched alkanes of at least 4 members (excludes halogenated alkanes) is 1. The molecule has 4 aliphatic heterocycles. The highest BCUT2D eigenvalue weighted by Gasteiger charge is 2.75. The van der Waals surface area contributed by atoms with Crippen LogP contribution in [-0.2, 0) is 23.9 Å². The average molecular weight is 475 g/mol. The third kappa shape index (κ3) is 3.88. The highest BCUT2D eigenvalue weighted by Crippen LogP contribution is 2.58. The zero-order chi connectivity index (χ0) is 24.5. The topological polar surface area (TPSA) is 96.4 Å². The molecular formula is C26H38N2O6. The van der Waals surface area contributed by atoms with Crippen LogP contribution >= 0.6 is 0 Å². The molecule has 0 aliphatic carbocycles. The number of esters is 1. The van der Waals surface area contributed by atoms with Crippen molar-refractivity contribution < 1.29 is 29.0 Å². The van der Waals surface area contributed by atoms with Gasteiger partial charge in [0, 0.05) is 25.7 Å². The summed E-state index contributed by atoms with van der Waals surface area (Å²) in [4.78, 5) is 44.8. The third-order valence-electron chi connectivity index (χ3n) is 7.84. The van der Waals surface area contributed by atoms with Crippen LogP contribution in [0.5, 0.6) is 0 Å². The number of amides is 2. The SMILES string of the molecule is CC[C@]12/C=C\CCCCOC(=O)[C@H]1[C@H]1C(=O)N(CCCCO)C3C(=O)N(C(C)C)CC=C[C@@]31O2. The van der Waals surface area contributed by atoms with Crippen molar-refractivity contribution in [1.29, 1.82) is 0 Å². The number of carbonyl (C=O) groups is 3. The van der Waals surface area contributed by atoms with Crippen molar-refractivity contribution >= 4 is 17.8 Å². The molecule has 2 fully saturated rings. The molecule has 0 saturated carbocycles. The van der Waals surface area contributed by atoms with E-state index in [0.717, 1.165) is 19.3 Å². The van der Waals surface area contributed by atoms with Crippen LogP contribution in [0.15, 0.2) is 24.3 Å². The van der Waals surface area contributed by atoms with E-state index in [0.29, 0.717) is 39.0 Å². The van der Waals surface area contributed by atoms with E-state index >= 15 is 0 Å². The van der Waals surface area contributed by atoms with E-state index in [9.17, 15) is 19.5 Å². The lowest BCUT2D eigenvalue weighted by molar-refractivity contribution is -0.161. The molecule has 0 aromatic rings. The minimum absolute atomic E-state index is 0.0163. The molecule has 0 bridgehead atoms. The molecule has 1 unspecified atom stereocenters. The summed E-state index contributed by atoms with van der Waals surface area (Å²) in [5.74, 6) is -2.49. The summed E-state index contributed by atoms with van der Waals surface area (Å²) in [5, 5.41) is 9.29. The number of carbonyl (C=O) groups excluding carboxylic acids is 3. The van der Waals surface area contributed by atoms with E-state index in [2.05, 4.69) is 0 Å². The van der Waals surface area contributed by atoms with Crippen molar-refractivity contribution in [2.45, 2.75) is 82.6 Å². The van der Waals surface area contributed by atoms with Gasteiger partial charge in [-0.1, -0.05) is 31.2 Å². The van der Waals surface area contributed by atoms with E-state index < -0.39 is 35.0 Å². The Kier molecular flexibility index (Phi) is 7.20. The van der Waals surface area contributed by atoms with E-state index in [4.69, 9.17) is 9.47 Å². The van der Waals surface area contributed by atoms with Crippen molar-refractivity contribution in [3.8, 4) is 0 Å². The van der Waals surface area contributed by atoms with Crippen LogP contribution in [0.25, 0.3) is 0 Å². The third-order valence-corrected chi connectivity index (χ3v) is 7.84. The second-order valence-electron chi connectivity index (χ2n) is 10.1. The van der Waals surface area contributed by atoms with Gasteiger partial charge >= 0.3 is 5.97 Å². The van der Waals surface area contributed by atoms with E-state index in [-0.39, 0.29) is 24.5 Å². The summed E-state index contributed by atoms with van der Waals surface area (Å²) in [6.45, 7) is 6.95. The maximum absolute atomic E-state index is 14.0. The first-order valence-corrected chi connectivity index (χ1v) is 12.8. The van der Waals surface area contributed by atoms with Gasteiger partial charge in [0.1, 0.15) is 23.2 Å². The second-order valence-corrected chi connectivity index (χ2v) is 10.1. The molecule has 2 amide bonds. The Labute approximate surface area is 201 Å². The zero-order valence-corrected chi connectivity index (χ0v) is 20.6. The number of cyclic esters (lactones) is 1. The number of fused-ring (bicyclic) bond motifs is 2. The fourth-order valence-electron chi connectivity index (χ4n) is 6.15. The molecule has 1 N–H and O–H groups in total. The maximum atomic E-state index is 14.0. The molecule has 4 rings (SSSR count). The van der Waals surface area contributed by atoms with Gasteiger partial charge in [-0.15, -0.1) is 0 Å². The van der Waals surface area contributed by atoms with Crippen molar-refractivity contribution in [3.63, 3.8) is 0 Å². The minimum Gasteiger partial charge on any atom is -0.465 e.